The van der Waals surface area contributed by atoms with Crippen molar-refractivity contribution in [1.29, 1.82) is 0 Å². The Hall–Kier alpha value is -1.50. The number of hydrogen-bond donors (Lipinski definition) is 2. The van der Waals surface area contributed by atoms with Crippen LogP contribution in [0.1, 0.15) is 24.8 Å². The number of rotatable bonds is 3. The van der Waals surface area contributed by atoms with Crippen molar-refractivity contribution >= 4 is 0 Å². The fraction of sp³-hybridized carbons (Fsp3) is 0.429. The summed E-state index contributed by atoms with van der Waals surface area (Å²) in [4.78, 5) is 0. The second-order valence-corrected chi connectivity index (χ2v) is 4.30. The van der Waals surface area contributed by atoms with Gasteiger partial charge in [-0.25, -0.2) is 0 Å². The minimum absolute atomic E-state index is 0.496. The van der Waals surface area contributed by atoms with Crippen molar-refractivity contribution in [3.8, 4) is 17.6 Å². The van der Waals surface area contributed by atoms with Crippen molar-refractivity contribution < 1.29 is 9.84 Å². The second kappa shape index (κ2) is 5.22. The van der Waals surface area contributed by atoms with E-state index in [0.717, 1.165) is 30.6 Å². The Balaban J connectivity index is 2.05. The average molecular weight is 231 g/mol. The predicted octanol–water partition coefficient (Wildman–Crippen LogP) is 1.29. The fourth-order valence-electron chi connectivity index (χ4n) is 1.67. The molecule has 1 aromatic carbocycles. The monoisotopic (exact) mass is 231 g/mol. The molecule has 1 saturated carbocycles. The fourth-order valence-corrected chi connectivity index (χ4v) is 1.67. The molecule has 3 N–H and O–H groups in total. The molecule has 0 aliphatic heterocycles. The molecule has 0 unspecified atom stereocenters. The van der Waals surface area contributed by atoms with Gasteiger partial charge < -0.3 is 15.6 Å². The first-order valence-corrected chi connectivity index (χ1v) is 5.90. The Labute approximate surface area is 102 Å². The van der Waals surface area contributed by atoms with Crippen LogP contribution in [0.25, 0.3) is 0 Å². The molecule has 0 saturated heterocycles. The third-order valence-electron chi connectivity index (χ3n) is 2.84. The predicted molar refractivity (Wildman–Crippen MR) is 66.7 cm³/mol. The summed E-state index contributed by atoms with van der Waals surface area (Å²) in [7, 11) is 0. The lowest BCUT2D eigenvalue weighted by Gasteiger charge is -2.30. The molecule has 0 bridgehead atoms. The first-order chi connectivity index (χ1) is 8.22. The molecule has 1 fully saturated rings. The minimum Gasteiger partial charge on any atom is -0.492 e. The van der Waals surface area contributed by atoms with Crippen molar-refractivity contribution in [3.05, 3.63) is 29.8 Å². The van der Waals surface area contributed by atoms with Crippen LogP contribution < -0.4 is 10.5 Å². The normalized spacial score (nSPS) is 16.6. The summed E-state index contributed by atoms with van der Waals surface area (Å²) in [6.07, 6.45) is 2.62. The number of aliphatic hydroxyl groups is 1. The van der Waals surface area contributed by atoms with E-state index in [2.05, 4.69) is 11.8 Å². The number of ether oxygens (including phenoxy) is 1. The summed E-state index contributed by atoms with van der Waals surface area (Å²) >= 11 is 0. The zero-order valence-corrected chi connectivity index (χ0v) is 9.78. The van der Waals surface area contributed by atoms with E-state index in [4.69, 9.17) is 10.5 Å². The molecule has 3 nitrogen and oxygen atoms in total. The number of nitrogens with two attached hydrogens (primary N) is 1. The molecule has 0 radical (unpaired) electrons. The standard InChI is InChI=1S/C14H17NO2/c15-9-10-17-13-4-1-3-12(11-13)5-8-14(16)6-2-7-14/h1,3-4,11,16H,2,6-7,9-10,15H2. The molecule has 2 rings (SSSR count). The Morgan fingerprint density at radius 1 is 1.41 bits per heavy atom. The van der Waals surface area contributed by atoms with Crippen LogP contribution in [0, 0.1) is 11.8 Å². The van der Waals surface area contributed by atoms with E-state index in [1.54, 1.807) is 0 Å². The molecule has 1 aliphatic rings. The molecule has 1 aromatic rings. The molecule has 90 valence electrons. The van der Waals surface area contributed by atoms with E-state index in [9.17, 15) is 5.11 Å². The largest absolute Gasteiger partial charge is 0.492 e. The first kappa shape index (κ1) is 12.0. The highest BCUT2D eigenvalue weighted by Crippen LogP contribution is 2.30. The highest BCUT2D eigenvalue weighted by atomic mass is 16.5. The highest BCUT2D eigenvalue weighted by Gasteiger charge is 2.31. The summed E-state index contributed by atoms with van der Waals surface area (Å²) in [5, 5.41) is 9.86. The van der Waals surface area contributed by atoms with Gasteiger partial charge in [0.05, 0.1) is 0 Å². The summed E-state index contributed by atoms with van der Waals surface area (Å²) in [5.41, 5.74) is 5.47. The third-order valence-corrected chi connectivity index (χ3v) is 2.84. The summed E-state index contributed by atoms with van der Waals surface area (Å²) < 4.78 is 5.41. The van der Waals surface area contributed by atoms with Gasteiger partial charge in [-0.1, -0.05) is 17.9 Å². The molecule has 0 heterocycles. The number of hydrogen-bond acceptors (Lipinski definition) is 3. The molecular weight excluding hydrogens is 214 g/mol. The molecule has 3 heteroatoms. The van der Waals surface area contributed by atoms with Crippen molar-refractivity contribution in [2.45, 2.75) is 24.9 Å². The minimum atomic E-state index is -0.756. The topological polar surface area (TPSA) is 55.5 Å². The SMILES string of the molecule is NCCOc1cccc(C#CC2(O)CCC2)c1. The molecule has 17 heavy (non-hydrogen) atoms. The zero-order valence-electron chi connectivity index (χ0n) is 9.78. The lowest BCUT2D eigenvalue weighted by Crippen LogP contribution is -2.34. The quantitative estimate of drug-likeness (QED) is 0.771. The first-order valence-electron chi connectivity index (χ1n) is 5.90. The van der Waals surface area contributed by atoms with Gasteiger partial charge in [0, 0.05) is 12.1 Å². The smallest absolute Gasteiger partial charge is 0.125 e. The highest BCUT2D eigenvalue weighted by molar-refractivity contribution is 5.41. The Morgan fingerprint density at radius 2 is 2.24 bits per heavy atom. The van der Waals surface area contributed by atoms with Crippen molar-refractivity contribution in [1.82, 2.24) is 0 Å². The van der Waals surface area contributed by atoms with Crippen LogP contribution in [-0.4, -0.2) is 23.9 Å². The van der Waals surface area contributed by atoms with Gasteiger partial charge in [0.25, 0.3) is 0 Å². The zero-order chi connectivity index (χ0) is 12.1. The van der Waals surface area contributed by atoms with Crippen molar-refractivity contribution in [2.24, 2.45) is 5.73 Å². The lowest BCUT2D eigenvalue weighted by molar-refractivity contribution is 0.0240. The summed E-state index contributed by atoms with van der Waals surface area (Å²) in [6, 6.07) is 7.54. The second-order valence-electron chi connectivity index (χ2n) is 4.30. The van der Waals surface area contributed by atoms with Gasteiger partial charge in [-0.15, -0.1) is 0 Å². The van der Waals surface area contributed by atoms with E-state index in [-0.39, 0.29) is 0 Å². The van der Waals surface area contributed by atoms with Gasteiger partial charge in [0.1, 0.15) is 18.0 Å². The van der Waals surface area contributed by atoms with Crippen LogP contribution in [0.5, 0.6) is 5.75 Å². The van der Waals surface area contributed by atoms with E-state index in [1.807, 2.05) is 24.3 Å². The maximum absolute atomic E-state index is 9.86. The lowest BCUT2D eigenvalue weighted by atomic mass is 9.81. The third kappa shape index (κ3) is 3.23. The Bertz CT molecular complexity index is 441. The van der Waals surface area contributed by atoms with Crippen LogP contribution in [0.2, 0.25) is 0 Å². The Morgan fingerprint density at radius 3 is 2.88 bits per heavy atom. The summed E-state index contributed by atoms with van der Waals surface area (Å²) in [6.45, 7) is 0.997. The van der Waals surface area contributed by atoms with Gasteiger partial charge >= 0.3 is 0 Å². The van der Waals surface area contributed by atoms with Crippen LogP contribution in [0.3, 0.4) is 0 Å². The Kier molecular flexibility index (Phi) is 3.68. The van der Waals surface area contributed by atoms with Gasteiger partial charge in [0.15, 0.2) is 0 Å². The van der Waals surface area contributed by atoms with Gasteiger partial charge in [0.2, 0.25) is 0 Å². The van der Waals surface area contributed by atoms with Gasteiger partial charge in [-0.05, 0) is 37.5 Å². The van der Waals surface area contributed by atoms with Gasteiger partial charge in [-0.3, -0.25) is 0 Å². The number of benzene rings is 1. The molecule has 0 atom stereocenters. The van der Waals surface area contributed by atoms with E-state index in [0.29, 0.717) is 13.2 Å². The maximum atomic E-state index is 9.86. The molecule has 0 amide bonds. The molecule has 1 aliphatic carbocycles. The average Bonchev–Trinajstić information content (AvgIpc) is 2.32. The van der Waals surface area contributed by atoms with Crippen molar-refractivity contribution in [3.63, 3.8) is 0 Å². The van der Waals surface area contributed by atoms with Crippen molar-refractivity contribution in [2.75, 3.05) is 13.2 Å². The van der Waals surface area contributed by atoms with Crippen LogP contribution in [0.4, 0.5) is 0 Å². The van der Waals surface area contributed by atoms with Crippen LogP contribution in [-0.2, 0) is 0 Å². The van der Waals surface area contributed by atoms with Crippen LogP contribution in [0.15, 0.2) is 24.3 Å². The van der Waals surface area contributed by atoms with E-state index >= 15 is 0 Å². The van der Waals surface area contributed by atoms with Gasteiger partial charge in [-0.2, -0.15) is 0 Å². The van der Waals surface area contributed by atoms with E-state index < -0.39 is 5.60 Å². The van der Waals surface area contributed by atoms with E-state index in [1.165, 1.54) is 0 Å². The summed E-state index contributed by atoms with van der Waals surface area (Å²) in [5.74, 6) is 6.68. The molecule has 0 spiro atoms. The van der Waals surface area contributed by atoms with Crippen LogP contribution >= 0.6 is 0 Å². The molecular formula is C14H17NO2. The molecule has 0 aromatic heterocycles. The maximum Gasteiger partial charge on any atom is 0.125 e.